The molecule has 0 aromatic carbocycles. The highest BCUT2D eigenvalue weighted by atomic mass is 32.2. The highest BCUT2D eigenvalue weighted by molar-refractivity contribution is 7.91. The van der Waals surface area contributed by atoms with Gasteiger partial charge in [0.05, 0.1) is 17.5 Å². The Bertz CT molecular complexity index is 410. The Morgan fingerprint density at radius 2 is 2.22 bits per heavy atom. The fourth-order valence-electron chi connectivity index (χ4n) is 2.59. The Morgan fingerprint density at radius 1 is 1.44 bits per heavy atom. The van der Waals surface area contributed by atoms with Gasteiger partial charge in [-0.15, -0.1) is 0 Å². The lowest BCUT2D eigenvalue weighted by Gasteiger charge is -2.37. The molecule has 0 aliphatic carbocycles. The predicted octanol–water partition coefficient (Wildman–Crippen LogP) is -0.433. The van der Waals surface area contributed by atoms with Crippen LogP contribution in [0.4, 0.5) is 4.79 Å². The van der Waals surface area contributed by atoms with Crippen LogP contribution >= 0.6 is 0 Å². The number of piperazine rings is 1. The maximum atomic E-state index is 12.0. The first kappa shape index (κ1) is 13.6. The van der Waals surface area contributed by atoms with Crippen molar-refractivity contribution in [2.75, 3.05) is 31.1 Å². The lowest BCUT2D eigenvalue weighted by molar-refractivity contribution is 0.151. The van der Waals surface area contributed by atoms with Crippen molar-refractivity contribution in [1.82, 2.24) is 15.5 Å². The van der Waals surface area contributed by atoms with E-state index in [1.807, 2.05) is 0 Å². The maximum Gasteiger partial charge on any atom is 0.317 e. The third-order valence-corrected chi connectivity index (χ3v) is 5.27. The third-order valence-electron chi connectivity index (χ3n) is 3.55. The second-order valence-corrected chi connectivity index (χ2v) is 7.14. The molecule has 18 heavy (non-hydrogen) atoms. The molecule has 6 nitrogen and oxygen atoms in total. The van der Waals surface area contributed by atoms with E-state index >= 15 is 0 Å². The SMILES string of the molecule is CCCCNC(=O)N1CCN[C@H]2CS(=O)(=O)C[C@H]21. The van der Waals surface area contributed by atoms with Crippen molar-refractivity contribution >= 4 is 15.9 Å². The van der Waals surface area contributed by atoms with Crippen molar-refractivity contribution in [3.05, 3.63) is 0 Å². The second-order valence-electron chi connectivity index (χ2n) is 4.98. The molecule has 2 aliphatic heterocycles. The Labute approximate surface area is 108 Å². The Balaban J connectivity index is 1.97. The van der Waals surface area contributed by atoms with Gasteiger partial charge in [0, 0.05) is 25.7 Å². The zero-order chi connectivity index (χ0) is 13.2. The Hall–Kier alpha value is -0.820. The number of hydrogen-bond donors (Lipinski definition) is 2. The van der Waals surface area contributed by atoms with Crippen molar-refractivity contribution in [2.24, 2.45) is 0 Å². The van der Waals surface area contributed by atoms with Gasteiger partial charge in [-0.1, -0.05) is 13.3 Å². The minimum Gasteiger partial charge on any atom is -0.338 e. The Kier molecular flexibility index (Phi) is 4.11. The molecule has 2 N–H and O–H groups in total. The van der Waals surface area contributed by atoms with Gasteiger partial charge in [0.15, 0.2) is 9.84 Å². The number of sulfone groups is 1. The van der Waals surface area contributed by atoms with Crippen LogP contribution in [0.15, 0.2) is 0 Å². The van der Waals surface area contributed by atoms with Crippen molar-refractivity contribution < 1.29 is 13.2 Å². The van der Waals surface area contributed by atoms with Crippen LogP contribution in [-0.2, 0) is 9.84 Å². The van der Waals surface area contributed by atoms with E-state index in [0.717, 1.165) is 12.8 Å². The number of nitrogens with zero attached hydrogens (tertiary/aromatic N) is 1. The van der Waals surface area contributed by atoms with E-state index in [9.17, 15) is 13.2 Å². The number of unbranched alkanes of at least 4 members (excludes halogenated alkanes) is 1. The van der Waals surface area contributed by atoms with Gasteiger partial charge in [0.2, 0.25) is 0 Å². The summed E-state index contributed by atoms with van der Waals surface area (Å²) in [5.74, 6) is 0.238. The molecule has 2 rings (SSSR count). The van der Waals surface area contributed by atoms with Gasteiger partial charge < -0.3 is 15.5 Å². The molecule has 0 aromatic rings. The third kappa shape index (κ3) is 2.95. The van der Waals surface area contributed by atoms with Crippen LogP contribution in [0.3, 0.4) is 0 Å². The van der Waals surface area contributed by atoms with E-state index < -0.39 is 9.84 Å². The van der Waals surface area contributed by atoms with Gasteiger partial charge >= 0.3 is 6.03 Å². The molecule has 2 heterocycles. The molecule has 0 radical (unpaired) electrons. The van der Waals surface area contributed by atoms with Crippen LogP contribution in [0.2, 0.25) is 0 Å². The minimum absolute atomic E-state index is 0.0892. The van der Waals surface area contributed by atoms with Crippen LogP contribution in [0.5, 0.6) is 0 Å². The molecule has 2 fully saturated rings. The summed E-state index contributed by atoms with van der Waals surface area (Å²) in [5.41, 5.74) is 0. The number of fused-ring (bicyclic) bond motifs is 1. The number of hydrogen-bond acceptors (Lipinski definition) is 4. The van der Waals surface area contributed by atoms with Gasteiger partial charge in [-0.2, -0.15) is 0 Å². The van der Waals surface area contributed by atoms with Crippen LogP contribution in [0.1, 0.15) is 19.8 Å². The summed E-state index contributed by atoms with van der Waals surface area (Å²) in [6, 6.07) is -0.428. The second kappa shape index (κ2) is 5.44. The molecule has 0 saturated carbocycles. The van der Waals surface area contributed by atoms with E-state index in [1.54, 1.807) is 4.90 Å². The summed E-state index contributed by atoms with van der Waals surface area (Å²) in [4.78, 5) is 13.7. The summed E-state index contributed by atoms with van der Waals surface area (Å²) >= 11 is 0. The standard InChI is InChI=1S/C11H21N3O3S/c1-2-3-4-13-11(15)14-6-5-12-9-7-18(16,17)8-10(9)14/h9-10,12H,2-8H2,1H3,(H,13,15)/t9-,10+/m0/s1. The summed E-state index contributed by atoms with van der Waals surface area (Å²) in [6.07, 6.45) is 1.98. The molecular weight excluding hydrogens is 254 g/mol. The zero-order valence-electron chi connectivity index (χ0n) is 10.7. The average molecular weight is 275 g/mol. The lowest BCUT2D eigenvalue weighted by atomic mass is 10.1. The van der Waals surface area contributed by atoms with Crippen molar-refractivity contribution in [1.29, 1.82) is 0 Å². The fourth-order valence-corrected chi connectivity index (χ4v) is 4.55. The predicted molar refractivity (Wildman–Crippen MR) is 69.2 cm³/mol. The fraction of sp³-hybridized carbons (Fsp3) is 0.909. The van der Waals surface area contributed by atoms with Gasteiger partial charge in [0.25, 0.3) is 0 Å². The van der Waals surface area contributed by atoms with Crippen molar-refractivity contribution in [3.8, 4) is 0 Å². The normalized spacial score (nSPS) is 29.9. The maximum absolute atomic E-state index is 12.0. The molecule has 2 amide bonds. The largest absolute Gasteiger partial charge is 0.338 e. The average Bonchev–Trinajstić information content (AvgIpc) is 2.62. The summed E-state index contributed by atoms with van der Waals surface area (Å²) in [7, 11) is -3.00. The summed E-state index contributed by atoms with van der Waals surface area (Å²) in [5, 5.41) is 6.05. The van der Waals surface area contributed by atoms with Gasteiger partial charge in [-0.3, -0.25) is 0 Å². The number of amides is 2. The van der Waals surface area contributed by atoms with E-state index in [1.165, 1.54) is 0 Å². The molecule has 2 saturated heterocycles. The van der Waals surface area contributed by atoms with Crippen LogP contribution in [-0.4, -0.2) is 62.6 Å². The molecule has 0 spiro atoms. The molecular formula is C11H21N3O3S. The molecule has 0 unspecified atom stereocenters. The van der Waals surface area contributed by atoms with Crippen molar-refractivity contribution in [2.45, 2.75) is 31.8 Å². The quantitative estimate of drug-likeness (QED) is 0.685. The molecule has 7 heteroatoms. The minimum atomic E-state index is -3.00. The summed E-state index contributed by atoms with van der Waals surface area (Å²) < 4.78 is 23.3. The van der Waals surface area contributed by atoms with Gasteiger partial charge in [-0.05, 0) is 6.42 Å². The number of carbonyl (C=O) groups excluding carboxylic acids is 1. The molecule has 0 bridgehead atoms. The van der Waals surface area contributed by atoms with Gasteiger partial charge in [-0.25, -0.2) is 13.2 Å². The molecule has 2 atom stereocenters. The van der Waals surface area contributed by atoms with E-state index in [-0.39, 0.29) is 29.6 Å². The monoisotopic (exact) mass is 275 g/mol. The van der Waals surface area contributed by atoms with E-state index in [0.29, 0.717) is 19.6 Å². The number of rotatable bonds is 3. The highest BCUT2D eigenvalue weighted by Gasteiger charge is 2.44. The highest BCUT2D eigenvalue weighted by Crippen LogP contribution is 2.21. The van der Waals surface area contributed by atoms with E-state index in [4.69, 9.17) is 0 Å². The first-order chi connectivity index (χ1) is 8.53. The zero-order valence-corrected chi connectivity index (χ0v) is 11.5. The smallest absolute Gasteiger partial charge is 0.317 e. The Morgan fingerprint density at radius 3 is 2.94 bits per heavy atom. The van der Waals surface area contributed by atoms with Crippen LogP contribution in [0, 0.1) is 0 Å². The van der Waals surface area contributed by atoms with Crippen LogP contribution < -0.4 is 10.6 Å². The van der Waals surface area contributed by atoms with Crippen molar-refractivity contribution in [3.63, 3.8) is 0 Å². The first-order valence-electron chi connectivity index (χ1n) is 6.52. The number of nitrogens with one attached hydrogen (secondary N) is 2. The van der Waals surface area contributed by atoms with Gasteiger partial charge in [0.1, 0.15) is 0 Å². The molecule has 2 aliphatic rings. The van der Waals surface area contributed by atoms with E-state index in [2.05, 4.69) is 17.6 Å². The first-order valence-corrected chi connectivity index (χ1v) is 8.34. The number of carbonyl (C=O) groups is 1. The number of urea groups is 1. The topological polar surface area (TPSA) is 78.5 Å². The molecule has 0 aromatic heterocycles. The summed E-state index contributed by atoms with van der Waals surface area (Å²) in [6.45, 7) is 3.96. The lowest BCUT2D eigenvalue weighted by Crippen LogP contribution is -2.61. The molecule has 104 valence electrons. The van der Waals surface area contributed by atoms with Crippen LogP contribution in [0.25, 0.3) is 0 Å².